The van der Waals surface area contributed by atoms with Crippen molar-refractivity contribution in [3.8, 4) is 11.5 Å². The molecule has 0 N–H and O–H groups in total. The predicted octanol–water partition coefficient (Wildman–Crippen LogP) is 5.03. The molecule has 0 aliphatic heterocycles. The number of fused-ring (bicyclic) bond motifs is 1. The fourth-order valence-corrected chi connectivity index (χ4v) is 2.75. The van der Waals surface area contributed by atoms with Crippen molar-refractivity contribution in [1.82, 2.24) is 4.98 Å². The van der Waals surface area contributed by atoms with Crippen LogP contribution in [0.5, 0.6) is 11.5 Å². The van der Waals surface area contributed by atoms with Crippen molar-refractivity contribution in [2.24, 2.45) is 0 Å². The van der Waals surface area contributed by atoms with Gasteiger partial charge < -0.3 is 9.47 Å². The Labute approximate surface area is 157 Å². The molecule has 0 bridgehead atoms. The average molecular weight is 355 g/mol. The Hall–Kier alpha value is -3.66. The molecule has 0 aliphatic carbocycles. The molecule has 4 nitrogen and oxygen atoms in total. The molecular formula is C23H17NO3. The van der Waals surface area contributed by atoms with Crippen molar-refractivity contribution in [2.75, 3.05) is 0 Å². The van der Waals surface area contributed by atoms with Gasteiger partial charge in [0.2, 0.25) is 0 Å². The lowest BCUT2D eigenvalue weighted by molar-refractivity contribution is 0.0736. The van der Waals surface area contributed by atoms with Crippen LogP contribution in [0.3, 0.4) is 0 Å². The largest absolute Gasteiger partial charge is 0.489 e. The van der Waals surface area contributed by atoms with E-state index in [1.165, 1.54) is 0 Å². The molecule has 0 aliphatic rings. The maximum absolute atomic E-state index is 12.5. The second-order valence-electron chi connectivity index (χ2n) is 6.02. The van der Waals surface area contributed by atoms with E-state index in [0.29, 0.717) is 29.2 Å². The number of hydrogen-bond donors (Lipinski definition) is 0. The molecule has 0 saturated carbocycles. The zero-order valence-electron chi connectivity index (χ0n) is 14.5. The van der Waals surface area contributed by atoms with Crippen LogP contribution in [0.15, 0.2) is 91.1 Å². The molecule has 1 aromatic heterocycles. The van der Waals surface area contributed by atoms with E-state index in [4.69, 9.17) is 9.47 Å². The predicted molar refractivity (Wildman–Crippen MR) is 104 cm³/mol. The minimum absolute atomic E-state index is 0.428. The fraction of sp³-hybridized carbons (Fsp3) is 0.0435. The summed E-state index contributed by atoms with van der Waals surface area (Å²) in [6.07, 6.45) is 1.68. The third-order valence-electron chi connectivity index (χ3n) is 4.14. The van der Waals surface area contributed by atoms with Crippen molar-refractivity contribution in [3.63, 3.8) is 0 Å². The highest BCUT2D eigenvalue weighted by atomic mass is 16.5. The van der Waals surface area contributed by atoms with Crippen molar-refractivity contribution < 1.29 is 14.3 Å². The van der Waals surface area contributed by atoms with Gasteiger partial charge >= 0.3 is 5.97 Å². The minimum atomic E-state index is -0.428. The normalized spacial score (nSPS) is 10.5. The Balaban J connectivity index is 1.44. The van der Waals surface area contributed by atoms with Gasteiger partial charge in [-0.1, -0.05) is 48.5 Å². The van der Waals surface area contributed by atoms with Crippen molar-refractivity contribution in [2.45, 2.75) is 6.61 Å². The maximum Gasteiger partial charge on any atom is 0.343 e. The number of nitrogens with zero attached hydrogens (tertiary/aromatic N) is 1. The zero-order chi connectivity index (χ0) is 18.5. The Morgan fingerprint density at radius 3 is 2.41 bits per heavy atom. The van der Waals surface area contributed by atoms with Gasteiger partial charge in [-0.15, -0.1) is 0 Å². The molecular weight excluding hydrogens is 338 g/mol. The number of esters is 1. The van der Waals surface area contributed by atoms with E-state index in [1.54, 1.807) is 36.5 Å². The second kappa shape index (κ2) is 7.70. The highest BCUT2D eigenvalue weighted by Crippen LogP contribution is 2.24. The molecule has 4 heteroatoms. The Morgan fingerprint density at radius 1 is 0.815 bits per heavy atom. The lowest BCUT2D eigenvalue weighted by Crippen LogP contribution is -2.09. The minimum Gasteiger partial charge on any atom is -0.489 e. The first-order valence-corrected chi connectivity index (χ1v) is 8.62. The Bertz CT molecular complexity index is 1050. The number of carbonyl (C=O) groups is 1. The zero-order valence-corrected chi connectivity index (χ0v) is 14.5. The van der Waals surface area contributed by atoms with Crippen LogP contribution in [0.1, 0.15) is 15.9 Å². The number of carbonyl (C=O) groups excluding carboxylic acids is 1. The van der Waals surface area contributed by atoms with Crippen molar-refractivity contribution in [3.05, 3.63) is 102 Å². The lowest BCUT2D eigenvalue weighted by atomic mass is 10.2. The van der Waals surface area contributed by atoms with Crippen LogP contribution in [-0.2, 0) is 6.61 Å². The van der Waals surface area contributed by atoms with Crippen LogP contribution in [0.25, 0.3) is 10.9 Å². The van der Waals surface area contributed by atoms with Crippen LogP contribution < -0.4 is 9.47 Å². The molecule has 0 atom stereocenters. The molecule has 0 amide bonds. The first-order valence-electron chi connectivity index (χ1n) is 8.62. The Morgan fingerprint density at radius 2 is 1.59 bits per heavy atom. The second-order valence-corrected chi connectivity index (χ2v) is 6.02. The van der Waals surface area contributed by atoms with E-state index >= 15 is 0 Å². The summed E-state index contributed by atoms with van der Waals surface area (Å²) in [5.74, 6) is 0.715. The van der Waals surface area contributed by atoms with Crippen LogP contribution in [0.2, 0.25) is 0 Å². The van der Waals surface area contributed by atoms with Crippen LogP contribution in [0, 0.1) is 0 Å². The summed E-state index contributed by atoms with van der Waals surface area (Å²) in [5, 5.41) is 0.924. The molecule has 4 aromatic rings. The SMILES string of the molecule is O=C(Oc1cccc2cccnc12)c1ccc(OCc2ccccc2)cc1. The molecule has 0 spiro atoms. The smallest absolute Gasteiger partial charge is 0.343 e. The highest BCUT2D eigenvalue weighted by Gasteiger charge is 2.11. The molecule has 0 fully saturated rings. The van der Waals surface area contributed by atoms with E-state index in [0.717, 1.165) is 10.9 Å². The summed E-state index contributed by atoms with van der Waals surface area (Å²) < 4.78 is 11.3. The monoisotopic (exact) mass is 355 g/mol. The number of para-hydroxylation sites is 1. The van der Waals surface area contributed by atoms with E-state index < -0.39 is 5.97 Å². The molecule has 27 heavy (non-hydrogen) atoms. The van der Waals surface area contributed by atoms with Gasteiger partial charge in [-0.05, 0) is 42.0 Å². The highest BCUT2D eigenvalue weighted by molar-refractivity contribution is 5.94. The first-order chi connectivity index (χ1) is 13.3. The molecule has 4 rings (SSSR count). The summed E-state index contributed by atoms with van der Waals surface area (Å²) in [7, 11) is 0. The topological polar surface area (TPSA) is 48.4 Å². The number of aromatic nitrogens is 1. The third-order valence-corrected chi connectivity index (χ3v) is 4.14. The first kappa shape index (κ1) is 16.8. The number of pyridine rings is 1. The summed E-state index contributed by atoms with van der Waals surface area (Å²) in [5.41, 5.74) is 2.20. The standard InChI is InChI=1S/C23H17NO3/c25-23(27-21-10-4-8-18-9-5-15-24-22(18)21)19-11-13-20(14-12-19)26-16-17-6-2-1-3-7-17/h1-15H,16H2. The number of rotatable bonds is 5. The fourth-order valence-electron chi connectivity index (χ4n) is 2.75. The van der Waals surface area contributed by atoms with E-state index in [9.17, 15) is 4.79 Å². The average Bonchev–Trinajstić information content (AvgIpc) is 2.74. The summed E-state index contributed by atoms with van der Waals surface area (Å²) in [6, 6.07) is 26.1. The van der Waals surface area contributed by atoms with Gasteiger partial charge in [0.05, 0.1) is 5.56 Å². The van der Waals surface area contributed by atoms with Gasteiger partial charge in [0.25, 0.3) is 0 Å². The maximum atomic E-state index is 12.5. The van der Waals surface area contributed by atoms with Crippen LogP contribution in [-0.4, -0.2) is 11.0 Å². The van der Waals surface area contributed by atoms with Gasteiger partial charge in [0, 0.05) is 11.6 Å². The molecule has 0 radical (unpaired) electrons. The van der Waals surface area contributed by atoms with E-state index in [-0.39, 0.29) is 0 Å². The van der Waals surface area contributed by atoms with Crippen LogP contribution >= 0.6 is 0 Å². The van der Waals surface area contributed by atoms with E-state index in [1.807, 2.05) is 54.6 Å². The number of hydrogen-bond acceptors (Lipinski definition) is 4. The van der Waals surface area contributed by atoms with Gasteiger partial charge in [0.15, 0.2) is 5.75 Å². The van der Waals surface area contributed by atoms with Crippen molar-refractivity contribution in [1.29, 1.82) is 0 Å². The Kier molecular flexibility index (Phi) is 4.79. The summed E-state index contributed by atoms with van der Waals surface area (Å²) >= 11 is 0. The van der Waals surface area contributed by atoms with Gasteiger partial charge in [-0.25, -0.2) is 4.79 Å². The van der Waals surface area contributed by atoms with Crippen LogP contribution in [0.4, 0.5) is 0 Å². The molecule has 3 aromatic carbocycles. The molecule has 132 valence electrons. The van der Waals surface area contributed by atoms with Crippen molar-refractivity contribution >= 4 is 16.9 Å². The quantitative estimate of drug-likeness (QED) is 0.372. The third kappa shape index (κ3) is 3.96. The lowest BCUT2D eigenvalue weighted by Gasteiger charge is -2.09. The number of benzene rings is 3. The van der Waals surface area contributed by atoms with Gasteiger partial charge in [-0.2, -0.15) is 0 Å². The van der Waals surface area contributed by atoms with Gasteiger partial charge in [-0.3, -0.25) is 4.98 Å². The number of ether oxygens (including phenoxy) is 2. The van der Waals surface area contributed by atoms with E-state index in [2.05, 4.69) is 4.98 Å². The molecule has 0 unspecified atom stereocenters. The van der Waals surface area contributed by atoms with Gasteiger partial charge in [0.1, 0.15) is 17.9 Å². The molecule has 0 saturated heterocycles. The molecule has 1 heterocycles. The summed E-state index contributed by atoms with van der Waals surface area (Å²) in [4.78, 5) is 16.8. The summed E-state index contributed by atoms with van der Waals surface area (Å²) in [6.45, 7) is 0.478.